The average molecular weight is 240 g/mol. The number of hydrogen-bond donors (Lipinski definition) is 2. The lowest BCUT2D eigenvalue weighted by Crippen LogP contribution is -2.12. The largest absolute Gasteiger partial charge is 0.384 e. The zero-order valence-corrected chi connectivity index (χ0v) is 8.81. The van der Waals surface area contributed by atoms with Gasteiger partial charge in [0.1, 0.15) is 17.8 Å². The number of pyridine rings is 1. The molecule has 0 radical (unpaired) electrons. The summed E-state index contributed by atoms with van der Waals surface area (Å²) in [7, 11) is -3.68. The summed E-state index contributed by atoms with van der Waals surface area (Å²) < 4.78 is 30.4. The molecule has 2 rings (SSSR count). The maximum Gasteiger partial charge on any atom is 0.262 e. The summed E-state index contributed by atoms with van der Waals surface area (Å²) in [6, 6.07) is 2.60. The Morgan fingerprint density at radius 3 is 2.88 bits per heavy atom. The van der Waals surface area contributed by atoms with Crippen LogP contribution in [-0.4, -0.2) is 18.6 Å². The number of nitrogens with zero attached hydrogens (tertiary/aromatic N) is 2. The van der Waals surface area contributed by atoms with Crippen molar-refractivity contribution in [1.82, 2.24) is 10.1 Å². The quantitative estimate of drug-likeness (QED) is 0.805. The Morgan fingerprint density at radius 2 is 2.25 bits per heavy atom. The normalized spacial score (nSPS) is 11.2. The molecule has 0 aliphatic heterocycles. The van der Waals surface area contributed by atoms with E-state index < -0.39 is 10.0 Å². The van der Waals surface area contributed by atoms with Crippen LogP contribution in [0.1, 0.15) is 0 Å². The first-order chi connectivity index (χ1) is 7.58. The second-order valence-corrected chi connectivity index (χ2v) is 4.62. The molecule has 8 heteroatoms. The van der Waals surface area contributed by atoms with Gasteiger partial charge < -0.3 is 10.3 Å². The van der Waals surface area contributed by atoms with E-state index in [0.717, 1.165) is 0 Å². The van der Waals surface area contributed by atoms with Gasteiger partial charge in [0.05, 0.1) is 11.1 Å². The molecule has 2 aromatic heterocycles. The Balaban J connectivity index is 2.33. The minimum absolute atomic E-state index is 0.0289. The number of sulfonamides is 1. The van der Waals surface area contributed by atoms with Crippen LogP contribution in [0.5, 0.6) is 0 Å². The third-order valence-electron chi connectivity index (χ3n) is 1.75. The summed E-state index contributed by atoms with van der Waals surface area (Å²) in [5.41, 5.74) is 5.64. The standard InChI is InChI=1S/C8H8N4O3S/c9-8-3-7(1-2-10-8)16(13,14)12-6-4-11-15-5-6/h1-5,12H,(H2,9,10). The molecular weight excluding hydrogens is 232 g/mol. The summed E-state index contributed by atoms with van der Waals surface area (Å²) in [5.74, 6) is 0.133. The number of aromatic nitrogens is 2. The first-order valence-corrected chi connectivity index (χ1v) is 5.70. The highest BCUT2D eigenvalue weighted by atomic mass is 32.2. The van der Waals surface area contributed by atoms with E-state index in [1.54, 1.807) is 0 Å². The van der Waals surface area contributed by atoms with Gasteiger partial charge in [0.15, 0.2) is 0 Å². The molecule has 0 saturated carbocycles. The van der Waals surface area contributed by atoms with Crippen molar-refractivity contribution in [2.75, 3.05) is 10.5 Å². The minimum Gasteiger partial charge on any atom is -0.384 e. The number of nitrogens with one attached hydrogen (secondary N) is 1. The van der Waals surface area contributed by atoms with E-state index in [1.165, 1.54) is 30.8 Å². The van der Waals surface area contributed by atoms with E-state index in [2.05, 4.69) is 19.4 Å². The van der Waals surface area contributed by atoms with Gasteiger partial charge in [0.25, 0.3) is 10.0 Å². The van der Waals surface area contributed by atoms with Gasteiger partial charge >= 0.3 is 0 Å². The number of rotatable bonds is 3. The number of hydrogen-bond acceptors (Lipinski definition) is 6. The van der Waals surface area contributed by atoms with Gasteiger partial charge in [-0.2, -0.15) is 0 Å². The summed E-state index contributed by atoms with van der Waals surface area (Å²) in [6.45, 7) is 0. The molecule has 0 spiro atoms. The summed E-state index contributed by atoms with van der Waals surface area (Å²) in [6.07, 6.45) is 3.75. The van der Waals surface area contributed by atoms with Crippen molar-refractivity contribution < 1.29 is 12.9 Å². The van der Waals surface area contributed by atoms with Crippen LogP contribution < -0.4 is 10.5 Å². The third kappa shape index (κ3) is 2.11. The lowest BCUT2D eigenvalue weighted by atomic mass is 10.5. The molecule has 0 unspecified atom stereocenters. The topological polar surface area (TPSA) is 111 Å². The molecule has 3 N–H and O–H groups in total. The molecule has 0 aliphatic rings. The van der Waals surface area contributed by atoms with Crippen molar-refractivity contribution in [1.29, 1.82) is 0 Å². The molecule has 84 valence electrons. The molecular formula is C8H8N4O3S. The zero-order valence-electron chi connectivity index (χ0n) is 7.99. The van der Waals surface area contributed by atoms with Crippen molar-refractivity contribution in [3.8, 4) is 0 Å². The van der Waals surface area contributed by atoms with E-state index >= 15 is 0 Å². The van der Waals surface area contributed by atoms with Gasteiger partial charge in [-0.1, -0.05) is 5.16 Å². The van der Waals surface area contributed by atoms with Crippen LogP contribution in [0.15, 0.2) is 40.2 Å². The minimum atomic E-state index is -3.68. The molecule has 0 aliphatic carbocycles. The lowest BCUT2D eigenvalue weighted by molar-refractivity contribution is 0.420. The second kappa shape index (κ2) is 3.81. The maximum atomic E-state index is 11.8. The second-order valence-electron chi connectivity index (χ2n) is 2.94. The van der Waals surface area contributed by atoms with E-state index in [0.29, 0.717) is 0 Å². The molecule has 0 bridgehead atoms. The molecule has 0 atom stereocenters. The fourth-order valence-corrected chi connectivity index (χ4v) is 2.11. The Bertz CT molecular complexity index is 579. The molecule has 7 nitrogen and oxygen atoms in total. The van der Waals surface area contributed by atoms with Gasteiger partial charge in [0.2, 0.25) is 0 Å². The lowest BCUT2D eigenvalue weighted by Gasteiger charge is -2.04. The fourth-order valence-electron chi connectivity index (χ4n) is 1.06. The molecule has 0 fully saturated rings. The van der Waals surface area contributed by atoms with Crippen LogP contribution >= 0.6 is 0 Å². The van der Waals surface area contributed by atoms with Crippen LogP contribution in [0.25, 0.3) is 0 Å². The van der Waals surface area contributed by atoms with Crippen LogP contribution in [0.3, 0.4) is 0 Å². The van der Waals surface area contributed by atoms with Crippen molar-refractivity contribution in [3.05, 3.63) is 30.8 Å². The number of nitrogen functional groups attached to an aromatic ring is 1. The number of nitrogens with two attached hydrogens (primary N) is 1. The summed E-state index contributed by atoms with van der Waals surface area (Å²) in [4.78, 5) is 3.73. The van der Waals surface area contributed by atoms with E-state index in [4.69, 9.17) is 5.73 Å². The first kappa shape index (κ1) is 10.4. The van der Waals surface area contributed by atoms with E-state index in [-0.39, 0.29) is 16.4 Å². The monoisotopic (exact) mass is 240 g/mol. The fraction of sp³-hybridized carbons (Fsp3) is 0. The predicted octanol–water partition coefficient (Wildman–Crippen LogP) is 0.453. The van der Waals surface area contributed by atoms with Crippen LogP contribution in [0, 0.1) is 0 Å². The van der Waals surface area contributed by atoms with Gasteiger partial charge in [-0.3, -0.25) is 4.72 Å². The predicted molar refractivity (Wildman–Crippen MR) is 56.0 cm³/mol. The Hall–Kier alpha value is -2.09. The SMILES string of the molecule is Nc1cc(S(=O)(=O)Nc2cnoc2)ccn1. The number of anilines is 2. The Labute approximate surface area is 91.3 Å². The third-order valence-corrected chi connectivity index (χ3v) is 3.13. The van der Waals surface area contributed by atoms with Gasteiger partial charge in [-0.05, 0) is 6.07 Å². The highest BCUT2D eigenvalue weighted by Gasteiger charge is 2.15. The Morgan fingerprint density at radius 1 is 1.44 bits per heavy atom. The molecule has 2 heterocycles. The molecule has 16 heavy (non-hydrogen) atoms. The van der Waals surface area contributed by atoms with Crippen LogP contribution in [-0.2, 0) is 10.0 Å². The van der Waals surface area contributed by atoms with Crippen molar-refractivity contribution in [2.45, 2.75) is 4.90 Å². The smallest absolute Gasteiger partial charge is 0.262 e. The molecule has 0 amide bonds. The highest BCUT2D eigenvalue weighted by molar-refractivity contribution is 7.92. The Kier molecular flexibility index (Phi) is 2.49. The average Bonchev–Trinajstić information content (AvgIpc) is 2.70. The molecule has 2 aromatic rings. The van der Waals surface area contributed by atoms with Gasteiger partial charge in [-0.25, -0.2) is 13.4 Å². The van der Waals surface area contributed by atoms with Crippen molar-refractivity contribution in [3.63, 3.8) is 0 Å². The van der Waals surface area contributed by atoms with E-state index in [1.807, 2.05) is 0 Å². The zero-order chi connectivity index (χ0) is 11.6. The van der Waals surface area contributed by atoms with Gasteiger partial charge in [-0.15, -0.1) is 0 Å². The maximum absolute atomic E-state index is 11.8. The van der Waals surface area contributed by atoms with Crippen molar-refractivity contribution >= 4 is 21.5 Å². The van der Waals surface area contributed by atoms with Crippen molar-refractivity contribution in [2.24, 2.45) is 0 Å². The van der Waals surface area contributed by atoms with Crippen LogP contribution in [0.2, 0.25) is 0 Å². The highest BCUT2D eigenvalue weighted by Crippen LogP contribution is 2.15. The first-order valence-electron chi connectivity index (χ1n) is 4.22. The van der Waals surface area contributed by atoms with E-state index in [9.17, 15) is 8.42 Å². The summed E-state index contributed by atoms with van der Waals surface area (Å²) >= 11 is 0. The van der Waals surface area contributed by atoms with Gasteiger partial charge in [0, 0.05) is 12.3 Å². The van der Waals surface area contributed by atoms with Crippen LogP contribution in [0.4, 0.5) is 11.5 Å². The molecule has 0 saturated heterocycles. The summed E-state index contributed by atoms with van der Waals surface area (Å²) in [5, 5.41) is 3.38. The molecule has 0 aromatic carbocycles.